The van der Waals surface area contributed by atoms with Gasteiger partial charge in [-0.3, -0.25) is 33.6 Å². The lowest BCUT2D eigenvalue weighted by Crippen LogP contribution is -2.45. The Balaban J connectivity index is 0.000000289. The maximum atomic E-state index is 14.3. The molecule has 127 heavy (non-hydrogen) atoms. The summed E-state index contributed by atoms with van der Waals surface area (Å²) in [5, 5.41) is 17.3. The number of nitrogens with one attached hydrogen (secondary N) is 3. The standard InChI is InChI=1S/C24H26F6N4O4.C15H21F3N4O4.C15H18F3NO4.C14H18F3N3O3.C9H10F3N3O.ClH/c1-12(35)20-18-11-33(5-6-34(18)21(32-20)24(28,29)30)19(36)9-14(31-22(37)38-23(2,3)4)7-13-8-16(26)17(27)10-15(13)25;1-14(2,3)26-13(24)21-6-7-22-9(8-21)10(11(23)20(4)25-5)19-12(22)15(16,17)18;1-15(2,3)23-14(22)19-9(6-13(20)21)4-8-5-11(17)12(18)7-10(8)16;1-8(21)10-9-7-19(12(22)23-13(2,3)4)5-6-20(9)11(18-10)14(15,16)17;1-5(16)7-6-4-13-2-3-15(6)8(14-7)9(10,11)12;/h8,10,14H,5-7,9,11H2,1-4H3,(H,31,37);6-8H2,1-5H3;5,7,9H,4,6H2,1-3H3,(H,19,22)(H,20,21);5-7H2,1-4H3;13H,2-4H2,1H3;1H/t14-;;9-;;;/m1.1.../s1. The van der Waals surface area contributed by atoms with Gasteiger partial charge in [0.15, 0.2) is 46.3 Å². The van der Waals surface area contributed by atoms with Crippen LogP contribution in [0.1, 0.15) is 216 Å². The molecular formula is C77H94ClF18N15O16. The fourth-order valence-corrected chi connectivity index (χ4v) is 12.5. The molecule has 10 rings (SSSR count). The lowest BCUT2D eigenvalue weighted by atomic mass is 10.0. The van der Waals surface area contributed by atoms with Crippen molar-refractivity contribution in [3.05, 3.63) is 139 Å². The molecule has 4 aliphatic heterocycles. The Bertz CT molecular complexity index is 5040. The van der Waals surface area contributed by atoms with E-state index in [1.807, 2.05) is 0 Å². The molecule has 6 amide bonds. The molecule has 0 saturated heterocycles. The number of alkyl halides is 12. The number of ketones is 3. The first-order valence-electron chi connectivity index (χ1n) is 38.0. The van der Waals surface area contributed by atoms with Crippen molar-refractivity contribution in [2.24, 2.45) is 0 Å². The number of carbonyl (C=O) groups is 10. The van der Waals surface area contributed by atoms with Crippen molar-refractivity contribution in [1.82, 2.24) is 73.9 Å². The van der Waals surface area contributed by atoms with Crippen LogP contribution < -0.4 is 16.0 Å². The Kier molecular flexibility index (Phi) is 34.9. The van der Waals surface area contributed by atoms with Gasteiger partial charge in [0.25, 0.3) is 5.91 Å². The molecule has 4 aliphatic rings. The van der Waals surface area contributed by atoms with Gasteiger partial charge in [0, 0.05) is 117 Å². The van der Waals surface area contributed by atoms with Crippen LogP contribution in [-0.2, 0) is 123 Å². The number of alkyl carbamates (subject to hydrolysis) is 2. The maximum absolute atomic E-state index is 14.3. The van der Waals surface area contributed by atoms with Crippen molar-refractivity contribution in [3.63, 3.8) is 0 Å². The molecule has 8 heterocycles. The van der Waals surface area contributed by atoms with Crippen molar-refractivity contribution in [3.8, 4) is 0 Å². The van der Waals surface area contributed by atoms with Crippen molar-refractivity contribution in [2.75, 3.05) is 40.3 Å². The summed E-state index contributed by atoms with van der Waals surface area (Å²) in [6, 6.07) is -0.240. The van der Waals surface area contributed by atoms with Crippen LogP contribution in [0.3, 0.4) is 0 Å². The van der Waals surface area contributed by atoms with Crippen LogP contribution in [0.5, 0.6) is 0 Å². The zero-order valence-electron chi connectivity index (χ0n) is 71.4. The molecule has 50 heteroatoms. The van der Waals surface area contributed by atoms with Crippen molar-refractivity contribution in [2.45, 2.75) is 241 Å². The average molecular weight is 1860 g/mol. The van der Waals surface area contributed by atoms with Gasteiger partial charge in [-0.05, 0) is 119 Å². The first-order chi connectivity index (χ1) is 57.6. The molecule has 6 aromatic rings. The number of carboxylic acid groups (broad SMARTS) is 1. The normalized spacial score (nSPS) is 14.5. The van der Waals surface area contributed by atoms with Gasteiger partial charge >= 0.3 is 55.0 Å². The van der Waals surface area contributed by atoms with E-state index < -0.39 is 208 Å². The molecule has 706 valence electrons. The molecule has 0 fully saturated rings. The fourth-order valence-electron chi connectivity index (χ4n) is 12.5. The molecule has 4 aromatic heterocycles. The maximum Gasteiger partial charge on any atom is 0.449 e. The number of Topliss-reactive ketones (excluding diaryl/α,β-unsaturated/α-hetero) is 3. The summed E-state index contributed by atoms with van der Waals surface area (Å²) in [6.45, 7) is 22.7. The monoisotopic (exact) mass is 1860 g/mol. The van der Waals surface area contributed by atoms with Crippen molar-refractivity contribution >= 4 is 71.9 Å². The number of halogens is 19. The van der Waals surface area contributed by atoms with Gasteiger partial charge in [-0.15, -0.1) is 12.4 Å². The van der Waals surface area contributed by atoms with E-state index in [9.17, 15) is 127 Å². The summed E-state index contributed by atoms with van der Waals surface area (Å²) in [5.74, 6) is -16.4. The van der Waals surface area contributed by atoms with Gasteiger partial charge in [-0.1, -0.05) is 0 Å². The number of hydrogen-bond acceptors (Lipinski definition) is 20. The molecule has 0 aliphatic carbocycles. The number of rotatable bonds is 15. The first-order valence-corrected chi connectivity index (χ1v) is 38.0. The number of ether oxygens (including phenoxy) is 4. The smallest absolute Gasteiger partial charge is 0.449 e. The van der Waals surface area contributed by atoms with Crippen LogP contribution in [-0.4, -0.2) is 197 Å². The highest BCUT2D eigenvalue weighted by Crippen LogP contribution is 2.38. The molecule has 0 spiro atoms. The van der Waals surface area contributed by atoms with Gasteiger partial charge in [0.2, 0.25) is 29.2 Å². The number of aromatic nitrogens is 8. The number of amides is 6. The topological polar surface area (TPSA) is 357 Å². The minimum atomic E-state index is -4.81. The number of benzene rings is 2. The number of hydroxylamine groups is 2. The summed E-state index contributed by atoms with van der Waals surface area (Å²) < 4.78 is 263. The summed E-state index contributed by atoms with van der Waals surface area (Å²) >= 11 is 0. The quantitative estimate of drug-likeness (QED) is 0.0244. The van der Waals surface area contributed by atoms with E-state index in [0.717, 1.165) is 37.2 Å². The molecule has 2 aromatic carbocycles. The summed E-state index contributed by atoms with van der Waals surface area (Å²) in [6.07, 6.45) is -23.6. The number of aliphatic carboxylic acids is 1. The van der Waals surface area contributed by atoms with E-state index in [1.54, 1.807) is 83.1 Å². The van der Waals surface area contributed by atoms with Crippen LogP contribution in [0.15, 0.2) is 24.3 Å². The summed E-state index contributed by atoms with van der Waals surface area (Å²) in [5.41, 5.74) is -4.60. The molecular weight excluding hydrogens is 1770 g/mol. The lowest BCUT2D eigenvalue weighted by Gasteiger charge is -2.31. The molecule has 2 atom stereocenters. The first kappa shape index (κ1) is 106. The number of carbonyl (C=O) groups excluding carboxylic acids is 9. The van der Waals surface area contributed by atoms with E-state index in [0.29, 0.717) is 36.5 Å². The van der Waals surface area contributed by atoms with Crippen LogP contribution in [0.4, 0.5) is 98.2 Å². The number of hydrogen-bond donors (Lipinski definition) is 4. The molecule has 0 unspecified atom stereocenters. The van der Waals surface area contributed by atoms with E-state index in [1.165, 1.54) is 35.8 Å². The molecule has 31 nitrogen and oxygen atoms in total. The van der Waals surface area contributed by atoms with E-state index in [2.05, 4.69) is 35.9 Å². The second kappa shape index (κ2) is 41.7. The van der Waals surface area contributed by atoms with Gasteiger partial charge in [-0.25, -0.2) is 70.5 Å². The third-order valence-electron chi connectivity index (χ3n) is 17.7. The SMILES string of the molecule is CC(=O)c1nc(C(F)(F)F)n2c1CN(C(=O)C[C@@H](Cc1cc(F)c(F)cc1F)NC(=O)OC(C)(C)C)CC2.CC(=O)c1nc(C(F)(F)F)n2c1CN(C(=O)OC(C)(C)C)CC2.CC(=O)c1nc(C(F)(F)F)n2c1CNCC2.CC(C)(C)OC(=O)N[C@@H](CC(=O)O)Cc1cc(F)c(F)cc1F.CON(C)C(=O)c1nc(C(F)(F)F)n2c1CN(C(=O)OC(C)(C)C)CC2.Cl. The lowest BCUT2D eigenvalue weighted by molar-refractivity contribution is -0.149. The largest absolute Gasteiger partial charge is 0.481 e. The Labute approximate surface area is 719 Å². The van der Waals surface area contributed by atoms with Crippen LogP contribution in [0, 0.1) is 34.9 Å². The van der Waals surface area contributed by atoms with Crippen molar-refractivity contribution in [1.29, 1.82) is 0 Å². The summed E-state index contributed by atoms with van der Waals surface area (Å²) in [4.78, 5) is 142. The van der Waals surface area contributed by atoms with Crippen LogP contribution in [0.25, 0.3) is 0 Å². The van der Waals surface area contributed by atoms with Gasteiger partial charge < -0.3 is 73.0 Å². The molecule has 0 radical (unpaired) electrons. The second-order valence-corrected chi connectivity index (χ2v) is 32.6. The van der Waals surface area contributed by atoms with Crippen molar-refractivity contribution < 1.29 is 156 Å². The average Bonchev–Trinajstić information content (AvgIpc) is 1.63. The van der Waals surface area contributed by atoms with E-state index >= 15 is 0 Å². The van der Waals surface area contributed by atoms with Crippen LogP contribution >= 0.6 is 12.4 Å². The Morgan fingerprint density at radius 3 is 1.06 bits per heavy atom. The van der Waals surface area contributed by atoms with Gasteiger partial charge in [0.05, 0.1) is 55.9 Å². The highest BCUT2D eigenvalue weighted by atomic mass is 35.5. The molecule has 0 bridgehead atoms. The number of carboxylic acids is 1. The van der Waals surface area contributed by atoms with E-state index in [4.69, 9.17) is 28.9 Å². The minimum Gasteiger partial charge on any atom is -0.481 e. The zero-order valence-corrected chi connectivity index (χ0v) is 72.2. The Morgan fingerprint density at radius 2 is 0.732 bits per heavy atom. The zero-order chi connectivity index (χ0) is 95.7. The fraction of sp³-hybridized carbons (Fsp3) is 0.558. The number of fused-ring (bicyclic) bond motifs is 4. The molecule has 0 saturated carbocycles. The third kappa shape index (κ3) is 29.9. The second-order valence-electron chi connectivity index (χ2n) is 32.6. The predicted octanol–water partition coefficient (Wildman–Crippen LogP) is 14.2. The Morgan fingerprint density at radius 1 is 0.433 bits per heavy atom. The highest BCUT2D eigenvalue weighted by molar-refractivity contribution is 5.95. The third-order valence-corrected chi connectivity index (χ3v) is 17.7. The van der Waals surface area contributed by atoms with Gasteiger partial charge in [0.1, 0.15) is 51.1 Å². The highest BCUT2D eigenvalue weighted by Gasteiger charge is 2.47. The van der Waals surface area contributed by atoms with Crippen LogP contribution in [0.2, 0.25) is 0 Å². The number of nitrogens with zero attached hydrogens (tertiary/aromatic N) is 12. The van der Waals surface area contributed by atoms with E-state index in [-0.39, 0.29) is 130 Å². The minimum absolute atomic E-state index is 0. The number of imidazole rings is 4. The summed E-state index contributed by atoms with van der Waals surface area (Å²) in [7, 11) is 2.47. The molecule has 4 N–H and O–H groups in total. The predicted molar refractivity (Wildman–Crippen MR) is 409 cm³/mol. The van der Waals surface area contributed by atoms with Gasteiger partial charge in [-0.2, -0.15) is 52.7 Å². The Hall–Kier alpha value is -11.3.